The van der Waals surface area contributed by atoms with Crippen molar-refractivity contribution in [3.63, 3.8) is 0 Å². The number of phenolic OH excluding ortho intramolecular Hbond substituents is 1. The molecule has 29 heavy (non-hydrogen) atoms. The fraction of sp³-hybridized carbons (Fsp3) is 0.571. The number of carbonyl (C=O) groups is 3. The number of benzene rings is 1. The molecule has 0 aliphatic carbocycles. The van der Waals surface area contributed by atoms with E-state index >= 15 is 0 Å². The molecule has 4 rings (SSSR count). The minimum absolute atomic E-state index is 0.0395. The summed E-state index contributed by atoms with van der Waals surface area (Å²) in [7, 11) is 0. The third kappa shape index (κ3) is 3.35. The number of nitrogens with one attached hydrogen (secondary N) is 1. The Morgan fingerprint density at radius 1 is 1.34 bits per heavy atom. The molecule has 0 radical (unpaired) electrons. The summed E-state index contributed by atoms with van der Waals surface area (Å²) in [6, 6.07) is 6.05. The Balaban J connectivity index is 1.37. The SMILES string of the molecule is CC(C)[C@@H]1CO[C@@]23CCN(C(=O)CCC(=O)Nc4cccc(O)c4)[C@@H]2CC(=O)N13. The van der Waals surface area contributed by atoms with Crippen molar-refractivity contribution in [2.45, 2.75) is 57.3 Å². The van der Waals surface area contributed by atoms with Crippen LogP contribution in [0.15, 0.2) is 24.3 Å². The molecule has 8 heteroatoms. The highest BCUT2D eigenvalue weighted by molar-refractivity contribution is 5.93. The highest BCUT2D eigenvalue weighted by Gasteiger charge is 2.65. The maximum absolute atomic E-state index is 12.8. The molecule has 156 valence electrons. The first-order valence-electron chi connectivity index (χ1n) is 10.2. The quantitative estimate of drug-likeness (QED) is 0.782. The number of aromatic hydroxyl groups is 1. The van der Waals surface area contributed by atoms with E-state index in [0.29, 0.717) is 31.2 Å². The number of anilines is 1. The van der Waals surface area contributed by atoms with Crippen molar-refractivity contribution in [2.24, 2.45) is 5.92 Å². The van der Waals surface area contributed by atoms with E-state index in [1.807, 2.05) is 4.90 Å². The third-order valence-corrected chi connectivity index (χ3v) is 6.27. The van der Waals surface area contributed by atoms with Crippen LogP contribution in [0.4, 0.5) is 5.69 Å². The third-order valence-electron chi connectivity index (χ3n) is 6.27. The van der Waals surface area contributed by atoms with E-state index in [1.165, 1.54) is 12.1 Å². The molecule has 0 saturated carbocycles. The zero-order chi connectivity index (χ0) is 20.8. The van der Waals surface area contributed by atoms with Crippen LogP contribution >= 0.6 is 0 Å². The molecular formula is C21H27N3O5. The maximum atomic E-state index is 12.8. The van der Waals surface area contributed by atoms with Crippen LogP contribution in [-0.4, -0.2) is 63.6 Å². The minimum atomic E-state index is -0.689. The van der Waals surface area contributed by atoms with Crippen LogP contribution in [0.2, 0.25) is 0 Å². The van der Waals surface area contributed by atoms with Crippen LogP contribution in [0.3, 0.4) is 0 Å². The Morgan fingerprint density at radius 3 is 2.86 bits per heavy atom. The molecule has 2 N–H and O–H groups in total. The molecule has 0 unspecified atom stereocenters. The fourth-order valence-corrected chi connectivity index (χ4v) is 4.84. The first kappa shape index (κ1) is 19.7. The second-order valence-electron chi connectivity index (χ2n) is 8.39. The second kappa shape index (κ2) is 7.33. The first-order valence-corrected chi connectivity index (χ1v) is 10.2. The van der Waals surface area contributed by atoms with Crippen LogP contribution in [0, 0.1) is 5.92 Å². The second-order valence-corrected chi connectivity index (χ2v) is 8.39. The van der Waals surface area contributed by atoms with Crippen molar-refractivity contribution in [1.29, 1.82) is 0 Å². The number of ether oxygens (including phenoxy) is 1. The lowest BCUT2D eigenvalue weighted by Gasteiger charge is -2.34. The summed E-state index contributed by atoms with van der Waals surface area (Å²) in [4.78, 5) is 41.3. The summed E-state index contributed by atoms with van der Waals surface area (Å²) in [5.41, 5.74) is -0.204. The van der Waals surface area contributed by atoms with Gasteiger partial charge in [-0.05, 0) is 18.1 Å². The summed E-state index contributed by atoms with van der Waals surface area (Å²) in [6.07, 6.45) is 1.01. The molecule has 1 spiro atoms. The lowest BCUT2D eigenvalue weighted by molar-refractivity contribution is -0.141. The molecule has 3 amide bonds. The average molecular weight is 401 g/mol. The van der Waals surface area contributed by atoms with Crippen LogP contribution in [-0.2, 0) is 19.1 Å². The molecular weight excluding hydrogens is 374 g/mol. The number of hydrogen-bond donors (Lipinski definition) is 2. The van der Waals surface area contributed by atoms with Crippen molar-refractivity contribution in [3.8, 4) is 5.75 Å². The molecule has 3 atom stereocenters. The van der Waals surface area contributed by atoms with E-state index in [1.54, 1.807) is 17.0 Å². The predicted molar refractivity (Wildman–Crippen MR) is 105 cm³/mol. The van der Waals surface area contributed by atoms with Gasteiger partial charge < -0.3 is 25.0 Å². The number of likely N-dealkylation sites (tertiary alicyclic amines) is 1. The topological polar surface area (TPSA) is 99.2 Å². The van der Waals surface area contributed by atoms with Gasteiger partial charge in [0, 0.05) is 37.6 Å². The normalized spacial score (nSPS) is 28.0. The van der Waals surface area contributed by atoms with E-state index < -0.39 is 5.72 Å². The number of amides is 3. The maximum Gasteiger partial charge on any atom is 0.227 e. The zero-order valence-electron chi connectivity index (χ0n) is 16.8. The molecule has 3 saturated heterocycles. The average Bonchev–Trinajstić information content (AvgIpc) is 3.29. The standard InChI is InChI=1S/C21H27N3O5/c1-13(2)16-12-29-21-8-9-23(17(21)11-20(28)24(16)21)19(27)7-6-18(26)22-14-4-3-5-15(25)10-14/h3-5,10,13,16-17,25H,6-9,11-12H2,1-2H3,(H,22,26)/t16-,17+,21-/m0/s1. The van der Waals surface area contributed by atoms with Gasteiger partial charge in [-0.3, -0.25) is 14.4 Å². The smallest absolute Gasteiger partial charge is 0.227 e. The minimum Gasteiger partial charge on any atom is -0.508 e. The van der Waals surface area contributed by atoms with Gasteiger partial charge >= 0.3 is 0 Å². The number of carbonyl (C=O) groups excluding carboxylic acids is 3. The van der Waals surface area contributed by atoms with Gasteiger partial charge in [0.05, 0.1) is 25.1 Å². The van der Waals surface area contributed by atoms with Crippen molar-refractivity contribution >= 4 is 23.4 Å². The van der Waals surface area contributed by atoms with Gasteiger partial charge in [0.25, 0.3) is 0 Å². The fourth-order valence-electron chi connectivity index (χ4n) is 4.84. The Hall–Kier alpha value is -2.61. The van der Waals surface area contributed by atoms with Gasteiger partial charge in [-0.1, -0.05) is 19.9 Å². The van der Waals surface area contributed by atoms with Crippen molar-refractivity contribution in [3.05, 3.63) is 24.3 Å². The lowest BCUT2D eigenvalue weighted by Crippen LogP contribution is -2.51. The summed E-state index contributed by atoms with van der Waals surface area (Å²) < 4.78 is 6.14. The van der Waals surface area contributed by atoms with Gasteiger partial charge in [-0.15, -0.1) is 0 Å². The Labute approximate surface area is 169 Å². The van der Waals surface area contributed by atoms with Crippen LogP contribution < -0.4 is 5.32 Å². The Bertz CT molecular complexity index is 841. The molecule has 8 nitrogen and oxygen atoms in total. The Kier molecular flexibility index (Phi) is 4.98. The first-order chi connectivity index (χ1) is 13.8. The van der Waals surface area contributed by atoms with E-state index in [4.69, 9.17) is 4.74 Å². The predicted octanol–water partition coefficient (Wildman–Crippen LogP) is 1.70. The van der Waals surface area contributed by atoms with Crippen LogP contribution in [0.1, 0.15) is 39.5 Å². The molecule has 3 aliphatic heterocycles. The monoisotopic (exact) mass is 401 g/mol. The number of phenols is 1. The van der Waals surface area contributed by atoms with E-state index in [9.17, 15) is 19.5 Å². The number of rotatable bonds is 5. The van der Waals surface area contributed by atoms with Crippen molar-refractivity contribution < 1.29 is 24.2 Å². The highest BCUT2D eigenvalue weighted by Crippen LogP contribution is 2.48. The van der Waals surface area contributed by atoms with Crippen LogP contribution in [0.25, 0.3) is 0 Å². The summed E-state index contributed by atoms with van der Waals surface area (Å²) in [5.74, 6) is -0.0237. The number of nitrogens with zero attached hydrogens (tertiary/aromatic N) is 2. The molecule has 3 aliphatic rings. The van der Waals surface area contributed by atoms with E-state index in [0.717, 1.165) is 0 Å². The van der Waals surface area contributed by atoms with Gasteiger partial charge in [0.15, 0.2) is 5.72 Å². The molecule has 0 bridgehead atoms. The highest BCUT2D eigenvalue weighted by atomic mass is 16.5. The van der Waals surface area contributed by atoms with Gasteiger partial charge in [0.1, 0.15) is 5.75 Å². The van der Waals surface area contributed by atoms with E-state index in [-0.39, 0.29) is 54.8 Å². The molecule has 0 aromatic heterocycles. The van der Waals surface area contributed by atoms with Gasteiger partial charge in [-0.2, -0.15) is 0 Å². The summed E-state index contributed by atoms with van der Waals surface area (Å²) in [5, 5.41) is 12.1. The Morgan fingerprint density at radius 2 is 2.14 bits per heavy atom. The van der Waals surface area contributed by atoms with Gasteiger partial charge in [0.2, 0.25) is 17.7 Å². The van der Waals surface area contributed by atoms with Crippen LogP contribution in [0.5, 0.6) is 5.75 Å². The van der Waals surface area contributed by atoms with E-state index in [2.05, 4.69) is 19.2 Å². The lowest BCUT2D eigenvalue weighted by atomic mass is 10.0. The van der Waals surface area contributed by atoms with Gasteiger partial charge in [-0.25, -0.2) is 0 Å². The summed E-state index contributed by atoms with van der Waals surface area (Å²) >= 11 is 0. The largest absolute Gasteiger partial charge is 0.508 e. The zero-order valence-corrected chi connectivity index (χ0v) is 16.8. The summed E-state index contributed by atoms with van der Waals surface area (Å²) in [6.45, 7) is 5.20. The van der Waals surface area contributed by atoms with Crippen molar-refractivity contribution in [1.82, 2.24) is 9.80 Å². The molecule has 3 heterocycles. The number of hydrogen-bond acceptors (Lipinski definition) is 5. The molecule has 1 aromatic carbocycles. The molecule has 1 aromatic rings. The molecule has 3 fully saturated rings. The van der Waals surface area contributed by atoms with Crippen molar-refractivity contribution in [2.75, 3.05) is 18.5 Å².